The summed E-state index contributed by atoms with van der Waals surface area (Å²) >= 11 is 0. The summed E-state index contributed by atoms with van der Waals surface area (Å²) in [6.45, 7) is 5.84. The summed E-state index contributed by atoms with van der Waals surface area (Å²) in [7, 11) is 1.34. The first kappa shape index (κ1) is 27.5. The maximum atomic E-state index is 13.3. The van der Waals surface area contributed by atoms with Crippen LogP contribution in [0.2, 0.25) is 0 Å². The van der Waals surface area contributed by atoms with E-state index in [-0.39, 0.29) is 29.2 Å². The van der Waals surface area contributed by atoms with Crippen molar-refractivity contribution < 1.29 is 19.1 Å². The van der Waals surface area contributed by atoms with Crippen molar-refractivity contribution in [3.8, 4) is 5.75 Å². The number of urea groups is 1. The summed E-state index contributed by atoms with van der Waals surface area (Å²) < 4.78 is 13.7. The van der Waals surface area contributed by atoms with Gasteiger partial charge in [0.25, 0.3) is 5.56 Å². The largest absolute Gasteiger partial charge is 0.493 e. The molecule has 2 aromatic carbocycles. The number of methoxy groups -OCH3 is 1. The van der Waals surface area contributed by atoms with Crippen LogP contribution in [-0.2, 0) is 11.3 Å². The minimum Gasteiger partial charge on any atom is -0.493 e. The number of nitrogens with one attached hydrogen (secondary N) is 1. The van der Waals surface area contributed by atoms with Gasteiger partial charge in [-0.2, -0.15) is 0 Å². The van der Waals surface area contributed by atoms with Crippen LogP contribution in [0, 0.1) is 11.8 Å². The van der Waals surface area contributed by atoms with Crippen molar-refractivity contribution >= 4 is 28.6 Å². The molecule has 1 saturated heterocycles. The van der Waals surface area contributed by atoms with Crippen LogP contribution in [0.5, 0.6) is 5.75 Å². The number of esters is 1. The summed E-state index contributed by atoms with van der Waals surface area (Å²) in [6.07, 6.45) is 3.82. The Morgan fingerprint density at radius 3 is 2.58 bits per heavy atom. The fourth-order valence-electron chi connectivity index (χ4n) is 5.31. The lowest BCUT2D eigenvalue weighted by molar-refractivity contribution is 0.0600. The number of aromatic nitrogens is 2. The van der Waals surface area contributed by atoms with Crippen molar-refractivity contribution in [2.45, 2.75) is 52.1 Å². The Hall–Kier alpha value is -4.08. The highest BCUT2D eigenvalue weighted by Crippen LogP contribution is 2.30. The van der Waals surface area contributed by atoms with E-state index in [0.29, 0.717) is 60.1 Å². The number of piperidine rings is 1. The van der Waals surface area contributed by atoms with Gasteiger partial charge < -0.3 is 19.7 Å². The lowest BCUT2D eigenvalue weighted by Crippen LogP contribution is -2.43. The van der Waals surface area contributed by atoms with Crippen molar-refractivity contribution in [3.63, 3.8) is 0 Å². The second kappa shape index (κ2) is 11.6. The van der Waals surface area contributed by atoms with Gasteiger partial charge in [-0.25, -0.2) is 14.4 Å². The van der Waals surface area contributed by atoms with E-state index in [9.17, 15) is 19.2 Å². The molecule has 1 aromatic heterocycles. The molecular formula is C30H36N4O6. The van der Waals surface area contributed by atoms with E-state index in [1.54, 1.807) is 51.9 Å². The van der Waals surface area contributed by atoms with Gasteiger partial charge in [0.05, 0.1) is 30.2 Å². The quantitative estimate of drug-likeness (QED) is 0.421. The predicted octanol–water partition coefficient (Wildman–Crippen LogP) is 4.26. The minimum absolute atomic E-state index is 0.114. The molecule has 2 amide bonds. The standard InChI is InChI=1S/C30H36N4O6/c1-19(2)34-26-12-11-23(15-25(26)27(35)33(30(34)38)17-20-9-10-20)31-29(37)32-13-5-6-21(16-32)18-40-24-8-4-7-22(14-24)28(36)39-3/h4,7-8,11-12,14-15,19-21H,5-6,9-10,13,16-18H2,1-3H3,(H,31,37). The molecule has 40 heavy (non-hydrogen) atoms. The highest BCUT2D eigenvalue weighted by molar-refractivity contribution is 5.92. The van der Waals surface area contributed by atoms with Gasteiger partial charge in [-0.1, -0.05) is 6.07 Å². The average Bonchev–Trinajstić information content (AvgIpc) is 3.78. The molecule has 2 fully saturated rings. The van der Waals surface area contributed by atoms with Crippen molar-refractivity contribution in [1.29, 1.82) is 0 Å². The Morgan fingerprint density at radius 2 is 1.85 bits per heavy atom. The lowest BCUT2D eigenvalue weighted by Gasteiger charge is -2.32. The van der Waals surface area contributed by atoms with E-state index in [2.05, 4.69) is 5.32 Å². The minimum atomic E-state index is -0.422. The monoisotopic (exact) mass is 548 g/mol. The number of fused-ring (bicyclic) bond motifs is 1. The number of amides is 2. The number of carbonyl (C=O) groups is 2. The SMILES string of the molecule is COC(=O)c1cccc(OCC2CCCN(C(=O)Nc3ccc4c(c3)c(=O)n(CC3CC3)c(=O)n4C(C)C)C2)c1. The second-order valence-corrected chi connectivity index (χ2v) is 11.1. The summed E-state index contributed by atoms with van der Waals surface area (Å²) in [5.41, 5.74) is 0.909. The molecule has 0 radical (unpaired) electrons. The number of hydrogen-bond acceptors (Lipinski definition) is 6. The molecular weight excluding hydrogens is 512 g/mol. The molecule has 3 aromatic rings. The van der Waals surface area contributed by atoms with Gasteiger partial charge in [0.15, 0.2) is 0 Å². The van der Waals surface area contributed by atoms with Crippen molar-refractivity contribution in [2.75, 3.05) is 32.1 Å². The zero-order valence-corrected chi connectivity index (χ0v) is 23.2. The summed E-state index contributed by atoms with van der Waals surface area (Å²) in [5.74, 6) is 0.661. The summed E-state index contributed by atoms with van der Waals surface area (Å²) in [4.78, 5) is 53.2. The van der Waals surface area contributed by atoms with Crippen molar-refractivity contribution in [2.24, 2.45) is 11.8 Å². The van der Waals surface area contributed by atoms with Crippen molar-refractivity contribution in [1.82, 2.24) is 14.0 Å². The molecule has 1 atom stereocenters. The third-order valence-corrected chi connectivity index (χ3v) is 7.62. The second-order valence-electron chi connectivity index (χ2n) is 11.1. The molecule has 0 bridgehead atoms. The topological polar surface area (TPSA) is 112 Å². The fraction of sp³-hybridized carbons (Fsp3) is 0.467. The summed E-state index contributed by atoms with van der Waals surface area (Å²) in [6, 6.07) is 11.6. The molecule has 0 spiro atoms. The Bertz CT molecular complexity index is 1540. The van der Waals surface area contributed by atoms with E-state index in [4.69, 9.17) is 9.47 Å². The molecule has 1 N–H and O–H groups in total. The molecule has 10 heteroatoms. The molecule has 1 unspecified atom stereocenters. The smallest absolute Gasteiger partial charge is 0.337 e. The molecule has 2 aliphatic rings. The number of anilines is 1. The Kier molecular flexibility index (Phi) is 7.95. The number of carbonyl (C=O) groups excluding carboxylic acids is 2. The van der Waals surface area contributed by atoms with Gasteiger partial charge in [0.2, 0.25) is 0 Å². The highest BCUT2D eigenvalue weighted by Gasteiger charge is 2.27. The third kappa shape index (κ3) is 5.90. The van der Waals surface area contributed by atoms with E-state index in [1.807, 2.05) is 13.8 Å². The first-order valence-electron chi connectivity index (χ1n) is 13.9. The number of likely N-dealkylation sites (tertiary alicyclic amines) is 1. The van der Waals surface area contributed by atoms with Gasteiger partial charge in [-0.3, -0.25) is 13.9 Å². The van der Waals surface area contributed by atoms with Gasteiger partial charge in [-0.05, 0) is 81.8 Å². The highest BCUT2D eigenvalue weighted by atomic mass is 16.5. The Morgan fingerprint density at radius 1 is 1.05 bits per heavy atom. The predicted molar refractivity (Wildman–Crippen MR) is 152 cm³/mol. The van der Waals surface area contributed by atoms with Crippen LogP contribution in [0.4, 0.5) is 10.5 Å². The van der Waals surface area contributed by atoms with Gasteiger partial charge in [0.1, 0.15) is 5.75 Å². The van der Waals surface area contributed by atoms with Crippen molar-refractivity contribution in [3.05, 3.63) is 68.9 Å². The number of hydrogen-bond donors (Lipinski definition) is 1. The van der Waals surface area contributed by atoms with Crippen LogP contribution in [0.1, 0.15) is 55.9 Å². The van der Waals surface area contributed by atoms with E-state index >= 15 is 0 Å². The first-order chi connectivity index (χ1) is 19.2. The Balaban J connectivity index is 1.28. The number of benzene rings is 2. The molecule has 1 saturated carbocycles. The molecule has 1 aliphatic heterocycles. The van der Waals surface area contributed by atoms with E-state index in [0.717, 1.165) is 25.7 Å². The molecule has 10 nitrogen and oxygen atoms in total. The normalized spacial score (nSPS) is 17.2. The number of nitrogens with zero attached hydrogens (tertiary/aromatic N) is 3. The molecule has 212 valence electrons. The maximum Gasteiger partial charge on any atom is 0.337 e. The Labute approximate surface area is 232 Å². The first-order valence-corrected chi connectivity index (χ1v) is 13.9. The van der Waals surface area contributed by atoms with Crippen LogP contribution in [0.3, 0.4) is 0 Å². The fourth-order valence-corrected chi connectivity index (χ4v) is 5.31. The van der Waals surface area contributed by atoms with Crippen LogP contribution >= 0.6 is 0 Å². The third-order valence-electron chi connectivity index (χ3n) is 7.62. The van der Waals surface area contributed by atoms with Gasteiger partial charge in [0, 0.05) is 37.3 Å². The van der Waals surface area contributed by atoms with Gasteiger partial charge in [-0.15, -0.1) is 0 Å². The van der Waals surface area contributed by atoms with Crippen LogP contribution < -0.4 is 21.3 Å². The van der Waals surface area contributed by atoms with Crippen LogP contribution in [0.15, 0.2) is 52.1 Å². The van der Waals surface area contributed by atoms with Crippen LogP contribution in [0.25, 0.3) is 10.9 Å². The molecule has 1 aliphatic carbocycles. The molecule has 2 heterocycles. The zero-order valence-electron chi connectivity index (χ0n) is 23.2. The lowest BCUT2D eigenvalue weighted by atomic mass is 9.99. The summed E-state index contributed by atoms with van der Waals surface area (Å²) in [5, 5.41) is 3.37. The van der Waals surface area contributed by atoms with E-state index < -0.39 is 5.97 Å². The maximum absolute atomic E-state index is 13.3. The number of rotatable bonds is 8. The van der Waals surface area contributed by atoms with Gasteiger partial charge >= 0.3 is 17.7 Å². The zero-order chi connectivity index (χ0) is 28.4. The number of ether oxygens (including phenoxy) is 2. The molecule has 5 rings (SSSR count). The van der Waals surface area contributed by atoms with E-state index in [1.165, 1.54) is 11.7 Å². The average molecular weight is 549 g/mol. The van der Waals surface area contributed by atoms with Crippen LogP contribution in [-0.4, -0.2) is 52.8 Å².